The fourth-order valence-corrected chi connectivity index (χ4v) is 2.39. The maximum absolute atomic E-state index is 10.2. The van der Waals surface area contributed by atoms with Crippen molar-refractivity contribution in [3.05, 3.63) is 35.4 Å². The van der Waals surface area contributed by atoms with Crippen molar-refractivity contribution in [3.8, 4) is 0 Å². The van der Waals surface area contributed by atoms with Gasteiger partial charge < -0.3 is 9.84 Å². The Balaban J connectivity index is 2.02. The van der Waals surface area contributed by atoms with Gasteiger partial charge in [0, 0.05) is 13.0 Å². The molecule has 0 bridgehead atoms. The van der Waals surface area contributed by atoms with Gasteiger partial charge in [0.2, 0.25) is 0 Å². The summed E-state index contributed by atoms with van der Waals surface area (Å²) in [5.74, 6) is 0.471. The van der Waals surface area contributed by atoms with Gasteiger partial charge in [-0.15, -0.1) is 0 Å². The normalized spacial score (nSPS) is 26.9. The first kappa shape index (κ1) is 11.6. The third-order valence-corrected chi connectivity index (χ3v) is 3.51. The Labute approximate surface area is 97.3 Å². The van der Waals surface area contributed by atoms with Gasteiger partial charge in [0.25, 0.3) is 0 Å². The van der Waals surface area contributed by atoms with Crippen LogP contribution in [0.15, 0.2) is 24.3 Å². The molecule has 16 heavy (non-hydrogen) atoms. The Morgan fingerprint density at radius 3 is 2.81 bits per heavy atom. The number of aliphatic hydroxyl groups excluding tert-OH is 1. The maximum atomic E-state index is 10.2. The van der Waals surface area contributed by atoms with Gasteiger partial charge in [-0.3, -0.25) is 0 Å². The minimum absolute atomic E-state index is 0.0135. The molecule has 88 valence electrons. The molecule has 1 heterocycles. The molecule has 3 unspecified atom stereocenters. The molecule has 1 aromatic carbocycles. The minimum atomic E-state index is -0.376. The summed E-state index contributed by atoms with van der Waals surface area (Å²) in [6.45, 7) is 5.02. The Morgan fingerprint density at radius 2 is 2.19 bits per heavy atom. The lowest BCUT2D eigenvalue weighted by Gasteiger charge is -2.22. The Hall–Kier alpha value is -0.860. The number of hydrogen-bond donors (Lipinski definition) is 1. The van der Waals surface area contributed by atoms with Gasteiger partial charge in [-0.1, -0.05) is 31.2 Å². The smallest absolute Gasteiger partial charge is 0.0863 e. The molecule has 2 heteroatoms. The second kappa shape index (κ2) is 4.98. The van der Waals surface area contributed by atoms with Crippen molar-refractivity contribution in [2.24, 2.45) is 5.92 Å². The van der Waals surface area contributed by atoms with E-state index in [0.717, 1.165) is 13.0 Å². The molecule has 3 atom stereocenters. The highest BCUT2D eigenvalue weighted by molar-refractivity contribution is 5.26. The first-order valence-corrected chi connectivity index (χ1v) is 6.02. The molecule has 0 aliphatic carbocycles. The Morgan fingerprint density at radius 1 is 1.44 bits per heavy atom. The topological polar surface area (TPSA) is 29.5 Å². The standard InChI is InChI=1S/C14H20O2/c1-10-5-3-4-6-12(10)9-13(15)14-11(2)7-8-16-14/h3-6,11,13-15H,7-9H2,1-2H3. The number of aryl methyl sites for hydroxylation is 1. The zero-order chi connectivity index (χ0) is 11.5. The van der Waals surface area contributed by atoms with Crippen molar-refractivity contribution < 1.29 is 9.84 Å². The third kappa shape index (κ3) is 2.45. The van der Waals surface area contributed by atoms with Crippen LogP contribution in [-0.2, 0) is 11.2 Å². The van der Waals surface area contributed by atoms with Crippen LogP contribution < -0.4 is 0 Å². The minimum Gasteiger partial charge on any atom is -0.390 e. The van der Waals surface area contributed by atoms with E-state index in [-0.39, 0.29) is 12.2 Å². The van der Waals surface area contributed by atoms with E-state index in [1.54, 1.807) is 0 Å². The molecule has 1 aliphatic rings. The quantitative estimate of drug-likeness (QED) is 0.847. The van der Waals surface area contributed by atoms with Crippen molar-refractivity contribution >= 4 is 0 Å². The number of benzene rings is 1. The van der Waals surface area contributed by atoms with E-state index in [4.69, 9.17) is 4.74 Å². The molecule has 0 spiro atoms. The van der Waals surface area contributed by atoms with Crippen LogP contribution in [-0.4, -0.2) is 23.9 Å². The summed E-state index contributed by atoms with van der Waals surface area (Å²) >= 11 is 0. The summed E-state index contributed by atoms with van der Waals surface area (Å²) in [4.78, 5) is 0. The molecule has 2 rings (SSSR count). The van der Waals surface area contributed by atoms with Crippen LogP contribution in [0.5, 0.6) is 0 Å². The largest absolute Gasteiger partial charge is 0.390 e. The molecule has 0 aromatic heterocycles. The summed E-state index contributed by atoms with van der Waals surface area (Å²) in [5.41, 5.74) is 2.46. The highest BCUT2D eigenvalue weighted by atomic mass is 16.5. The van der Waals surface area contributed by atoms with E-state index in [9.17, 15) is 5.11 Å². The fraction of sp³-hybridized carbons (Fsp3) is 0.571. The fourth-order valence-electron chi connectivity index (χ4n) is 2.39. The zero-order valence-electron chi connectivity index (χ0n) is 10.0. The van der Waals surface area contributed by atoms with Crippen LogP contribution in [0.2, 0.25) is 0 Å². The van der Waals surface area contributed by atoms with Crippen LogP contribution >= 0.6 is 0 Å². The summed E-state index contributed by atoms with van der Waals surface area (Å²) in [7, 11) is 0. The van der Waals surface area contributed by atoms with E-state index in [0.29, 0.717) is 12.3 Å². The summed E-state index contributed by atoms with van der Waals surface area (Å²) in [6.07, 6.45) is 1.40. The molecule has 0 amide bonds. The van der Waals surface area contributed by atoms with Crippen molar-refractivity contribution in [1.82, 2.24) is 0 Å². The molecular weight excluding hydrogens is 200 g/mol. The van der Waals surface area contributed by atoms with Crippen molar-refractivity contribution in [2.75, 3.05) is 6.61 Å². The number of aliphatic hydroxyl groups is 1. The molecule has 0 saturated carbocycles. The van der Waals surface area contributed by atoms with E-state index in [1.807, 2.05) is 12.1 Å². The Bertz CT molecular complexity index is 348. The zero-order valence-corrected chi connectivity index (χ0v) is 10.0. The maximum Gasteiger partial charge on any atom is 0.0863 e. The first-order chi connectivity index (χ1) is 7.68. The van der Waals surface area contributed by atoms with Crippen molar-refractivity contribution in [3.63, 3.8) is 0 Å². The van der Waals surface area contributed by atoms with E-state index in [2.05, 4.69) is 26.0 Å². The monoisotopic (exact) mass is 220 g/mol. The predicted octanol–water partition coefficient (Wildman–Crippen LogP) is 2.32. The second-order valence-corrected chi connectivity index (χ2v) is 4.80. The van der Waals surface area contributed by atoms with Crippen LogP contribution in [0.3, 0.4) is 0 Å². The molecule has 1 saturated heterocycles. The summed E-state index contributed by atoms with van der Waals surface area (Å²) < 4.78 is 5.59. The molecule has 0 radical (unpaired) electrons. The van der Waals surface area contributed by atoms with E-state index in [1.165, 1.54) is 11.1 Å². The van der Waals surface area contributed by atoms with Crippen LogP contribution in [0.4, 0.5) is 0 Å². The van der Waals surface area contributed by atoms with Gasteiger partial charge in [-0.05, 0) is 30.4 Å². The van der Waals surface area contributed by atoms with Gasteiger partial charge in [0.15, 0.2) is 0 Å². The molecular formula is C14H20O2. The predicted molar refractivity (Wildman–Crippen MR) is 64.4 cm³/mol. The average molecular weight is 220 g/mol. The average Bonchev–Trinajstić information content (AvgIpc) is 2.68. The number of hydrogen-bond acceptors (Lipinski definition) is 2. The van der Waals surface area contributed by atoms with Gasteiger partial charge >= 0.3 is 0 Å². The van der Waals surface area contributed by atoms with Crippen LogP contribution in [0, 0.1) is 12.8 Å². The first-order valence-electron chi connectivity index (χ1n) is 6.02. The van der Waals surface area contributed by atoms with Crippen LogP contribution in [0.25, 0.3) is 0 Å². The van der Waals surface area contributed by atoms with Crippen molar-refractivity contribution in [2.45, 2.75) is 38.9 Å². The Kier molecular flexibility index (Phi) is 3.62. The van der Waals surface area contributed by atoms with Gasteiger partial charge in [-0.2, -0.15) is 0 Å². The number of ether oxygens (including phenoxy) is 1. The third-order valence-electron chi connectivity index (χ3n) is 3.51. The lowest BCUT2D eigenvalue weighted by Crippen LogP contribution is -2.31. The van der Waals surface area contributed by atoms with Gasteiger partial charge in [-0.25, -0.2) is 0 Å². The molecule has 2 nitrogen and oxygen atoms in total. The van der Waals surface area contributed by atoms with Crippen LogP contribution in [0.1, 0.15) is 24.5 Å². The highest BCUT2D eigenvalue weighted by Gasteiger charge is 2.30. The lowest BCUT2D eigenvalue weighted by molar-refractivity contribution is -0.0158. The summed E-state index contributed by atoms with van der Waals surface area (Å²) in [5, 5.41) is 10.2. The lowest BCUT2D eigenvalue weighted by atomic mass is 9.93. The SMILES string of the molecule is Cc1ccccc1CC(O)C1OCCC1C. The van der Waals surface area contributed by atoms with Gasteiger partial charge in [0.05, 0.1) is 12.2 Å². The van der Waals surface area contributed by atoms with E-state index < -0.39 is 0 Å². The van der Waals surface area contributed by atoms with Gasteiger partial charge in [0.1, 0.15) is 0 Å². The highest BCUT2D eigenvalue weighted by Crippen LogP contribution is 2.25. The number of rotatable bonds is 3. The van der Waals surface area contributed by atoms with E-state index >= 15 is 0 Å². The summed E-state index contributed by atoms with van der Waals surface area (Å²) in [6, 6.07) is 8.22. The van der Waals surface area contributed by atoms with Crippen molar-refractivity contribution in [1.29, 1.82) is 0 Å². The molecule has 1 N–H and O–H groups in total. The molecule has 1 aromatic rings. The molecule has 1 fully saturated rings. The molecule has 1 aliphatic heterocycles. The second-order valence-electron chi connectivity index (χ2n) is 4.80.